The molecule has 3 aromatic carbocycles. The topological polar surface area (TPSA) is 21.3 Å². The maximum absolute atomic E-state index is 6.57. The van der Waals surface area contributed by atoms with Crippen LogP contribution < -0.4 is 10.1 Å². The van der Waals surface area contributed by atoms with Crippen molar-refractivity contribution in [2.45, 2.75) is 25.0 Å². The third-order valence-electron chi connectivity index (χ3n) is 5.91. The van der Waals surface area contributed by atoms with E-state index >= 15 is 0 Å². The summed E-state index contributed by atoms with van der Waals surface area (Å²) < 4.78 is 6.25. The summed E-state index contributed by atoms with van der Waals surface area (Å²) in [5.74, 6) is 1.53. The Kier molecular flexibility index (Phi) is 4.99. The molecular weight excluding hydrogens is 401 g/mol. The van der Waals surface area contributed by atoms with Crippen molar-refractivity contribution in [1.82, 2.24) is 0 Å². The molecule has 3 atom stereocenters. The summed E-state index contributed by atoms with van der Waals surface area (Å²) in [4.78, 5) is 0. The fourth-order valence-corrected chi connectivity index (χ4v) is 5.04. The van der Waals surface area contributed by atoms with Crippen LogP contribution in [0.1, 0.15) is 35.1 Å². The van der Waals surface area contributed by atoms with E-state index in [9.17, 15) is 0 Å². The highest BCUT2D eigenvalue weighted by atomic mass is 35.5. The average molecular weight is 422 g/mol. The molecule has 3 aromatic rings. The van der Waals surface area contributed by atoms with Crippen LogP contribution in [0.4, 0.5) is 5.69 Å². The Labute approximate surface area is 181 Å². The molecule has 0 saturated heterocycles. The van der Waals surface area contributed by atoms with Gasteiger partial charge in [0.25, 0.3) is 0 Å². The lowest BCUT2D eigenvalue weighted by Crippen LogP contribution is -2.29. The van der Waals surface area contributed by atoms with Crippen LogP contribution in [0.3, 0.4) is 0 Å². The van der Waals surface area contributed by atoms with Gasteiger partial charge in [0.05, 0.1) is 16.8 Å². The van der Waals surface area contributed by atoms with Gasteiger partial charge in [-0.1, -0.05) is 83.9 Å². The van der Waals surface area contributed by atoms with Gasteiger partial charge in [0.1, 0.15) is 12.4 Å². The van der Waals surface area contributed by atoms with Crippen molar-refractivity contribution in [3.63, 3.8) is 0 Å². The standard InChI is InChI=1S/C25H21Cl2NO/c26-20-13-14-21(27)25-23(20)17-10-6-11-18(17)24(28-25)19-9-4-5-12-22(19)29-15-16-7-2-1-3-8-16/h1-10,12-14,17-18,24,28H,11,15H2. The van der Waals surface area contributed by atoms with Crippen molar-refractivity contribution in [2.75, 3.05) is 5.32 Å². The lowest BCUT2D eigenvalue weighted by molar-refractivity contribution is 0.296. The number of allylic oxidation sites excluding steroid dienone is 2. The molecule has 4 heteroatoms. The molecule has 0 aromatic heterocycles. The third kappa shape index (κ3) is 3.41. The Morgan fingerprint density at radius 1 is 0.897 bits per heavy atom. The van der Waals surface area contributed by atoms with Crippen LogP contribution in [0.25, 0.3) is 0 Å². The second kappa shape index (κ2) is 7.78. The summed E-state index contributed by atoms with van der Waals surface area (Å²) in [6.45, 7) is 0.542. The molecule has 1 heterocycles. The van der Waals surface area contributed by atoms with Gasteiger partial charge in [-0.3, -0.25) is 0 Å². The van der Waals surface area contributed by atoms with Gasteiger partial charge in [-0.2, -0.15) is 0 Å². The number of nitrogens with one attached hydrogen (secondary N) is 1. The van der Waals surface area contributed by atoms with E-state index in [2.05, 4.69) is 41.7 Å². The molecule has 1 aliphatic heterocycles. The van der Waals surface area contributed by atoms with Crippen LogP contribution in [0, 0.1) is 5.92 Å². The Morgan fingerprint density at radius 3 is 2.52 bits per heavy atom. The van der Waals surface area contributed by atoms with E-state index in [1.165, 1.54) is 0 Å². The molecule has 1 aliphatic carbocycles. The number of para-hydroxylation sites is 1. The largest absolute Gasteiger partial charge is 0.489 e. The highest BCUT2D eigenvalue weighted by Crippen LogP contribution is 2.54. The lowest BCUT2D eigenvalue weighted by atomic mass is 9.77. The molecule has 2 aliphatic rings. The quantitative estimate of drug-likeness (QED) is 0.443. The van der Waals surface area contributed by atoms with Gasteiger partial charge in [0.2, 0.25) is 0 Å². The molecule has 0 bridgehead atoms. The van der Waals surface area contributed by atoms with E-state index < -0.39 is 0 Å². The normalized spacial score (nSPS) is 21.9. The van der Waals surface area contributed by atoms with Crippen molar-refractivity contribution in [3.05, 3.63) is 106 Å². The van der Waals surface area contributed by atoms with Gasteiger partial charge >= 0.3 is 0 Å². The number of halogens is 2. The smallest absolute Gasteiger partial charge is 0.125 e. The van der Waals surface area contributed by atoms with Gasteiger partial charge in [-0.05, 0) is 36.1 Å². The van der Waals surface area contributed by atoms with Crippen LogP contribution in [-0.4, -0.2) is 0 Å². The molecular formula is C25H21Cl2NO. The van der Waals surface area contributed by atoms with Crippen LogP contribution in [0.5, 0.6) is 5.75 Å². The number of rotatable bonds is 4. The number of anilines is 1. The van der Waals surface area contributed by atoms with Gasteiger partial charge in [-0.25, -0.2) is 0 Å². The summed E-state index contributed by atoms with van der Waals surface area (Å²) >= 11 is 13.1. The van der Waals surface area contributed by atoms with Gasteiger partial charge < -0.3 is 10.1 Å². The first-order valence-corrected chi connectivity index (χ1v) is 10.6. The van der Waals surface area contributed by atoms with E-state index in [1.807, 2.05) is 42.5 Å². The Morgan fingerprint density at radius 2 is 1.66 bits per heavy atom. The maximum Gasteiger partial charge on any atom is 0.125 e. The predicted molar refractivity (Wildman–Crippen MR) is 120 cm³/mol. The van der Waals surface area contributed by atoms with Gasteiger partial charge in [0.15, 0.2) is 0 Å². The van der Waals surface area contributed by atoms with Crippen molar-refractivity contribution < 1.29 is 4.74 Å². The molecule has 29 heavy (non-hydrogen) atoms. The van der Waals surface area contributed by atoms with E-state index in [-0.39, 0.29) is 12.0 Å². The van der Waals surface area contributed by atoms with Crippen LogP contribution in [0.2, 0.25) is 10.0 Å². The summed E-state index contributed by atoms with van der Waals surface area (Å²) in [5, 5.41) is 5.17. The summed E-state index contributed by atoms with van der Waals surface area (Å²) in [6.07, 6.45) is 5.52. The Balaban J connectivity index is 1.51. The SMILES string of the molecule is Clc1ccc(Cl)c2c1NC(c1ccccc1OCc1ccccc1)C1CC=CC21. The first kappa shape index (κ1) is 18.6. The minimum absolute atomic E-state index is 0.102. The molecule has 0 radical (unpaired) electrons. The zero-order valence-corrected chi connectivity index (χ0v) is 17.3. The second-order valence-electron chi connectivity index (χ2n) is 7.61. The molecule has 146 valence electrons. The molecule has 1 N–H and O–H groups in total. The van der Waals surface area contributed by atoms with Gasteiger partial charge in [0, 0.05) is 22.1 Å². The zero-order chi connectivity index (χ0) is 19.8. The van der Waals surface area contributed by atoms with Crippen LogP contribution >= 0.6 is 23.2 Å². The Bertz CT molecular complexity index is 1060. The molecule has 3 unspecified atom stereocenters. The minimum Gasteiger partial charge on any atom is -0.489 e. The monoisotopic (exact) mass is 421 g/mol. The van der Waals surface area contributed by atoms with Crippen molar-refractivity contribution >= 4 is 28.9 Å². The van der Waals surface area contributed by atoms with Crippen molar-refractivity contribution in [1.29, 1.82) is 0 Å². The third-order valence-corrected chi connectivity index (χ3v) is 6.55. The van der Waals surface area contributed by atoms with Crippen molar-refractivity contribution in [3.8, 4) is 5.75 Å². The number of hydrogen-bond donors (Lipinski definition) is 1. The van der Waals surface area contributed by atoms with E-state index in [0.29, 0.717) is 17.5 Å². The number of hydrogen-bond acceptors (Lipinski definition) is 2. The summed E-state index contributed by atoms with van der Waals surface area (Å²) in [5.41, 5.74) is 4.36. The molecule has 0 spiro atoms. The molecule has 0 amide bonds. The number of benzene rings is 3. The predicted octanol–water partition coefficient (Wildman–Crippen LogP) is 7.40. The minimum atomic E-state index is 0.102. The molecule has 2 nitrogen and oxygen atoms in total. The lowest BCUT2D eigenvalue weighted by Gasteiger charge is -2.38. The highest BCUT2D eigenvalue weighted by molar-refractivity contribution is 6.36. The molecule has 5 rings (SSSR count). The molecule has 0 saturated carbocycles. The van der Waals surface area contributed by atoms with E-state index in [0.717, 1.165) is 39.6 Å². The van der Waals surface area contributed by atoms with Crippen LogP contribution in [-0.2, 0) is 6.61 Å². The fraction of sp³-hybridized carbons (Fsp3) is 0.200. The van der Waals surface area contributed by atoms with E-state index in [1.54, 1.807) is 0 Å². The zero-order valence-electron chi connectivity index (χ0n) is 15.8. The fourth-order valence-electron chi connectivity index (χ4n) is 4.54. The molecule has 0 fully saturated rings. The van der Waals surface area contributed by atoms with Crippen LogP contribution in [0.15, 0.2) is 78.9 Å². The second-order valence-corrected chi connectivity index (χ2v) is 8.42. The summed E-state index contributed by atoms with van der Waals surface area (Å²) in [7, 11) is 0. The van der Waals surface area contributed by atoms with Gasteiger partial charge in [-0.15, -0.1) is 0 Å². The number of fused-ring (bicyclic) bond motifs is 3. The van der Waals surface area contributed by atoms with E-state index in [4.69, 9.17) is 27.9 Å². The first-order chi connectivity index (χ1) is 14.2. The maximum atomic E-state index is 6.57. The first-order valence-electron chi connectivity index (χ1n) is 9.89. The number of ether oxygens (including phenoxy) is 1. The summed E-state index contributed by atoms with van der Waals surface area (Å²) in [6, 6.07) is 22.4. The highest BCUT2D eigenvalue weighted by Gasteiger charge is 2.40. The average Bonchev–Trinajstić information content (AvgIpc) is 3.25. The Hall–Kier alpha value is -2.42. The van der Waals surface area contributed by atoms with Crippen molar-refractivity contribution in [2.24, 2.45) is 5.92 Å².